The molecule has 2 N–H and O–H groups in total. The van der Waals surface area contributed by atoms with E-state index in [0.717, 1.165) is 53.0 Å². The number of carboxylic acid groups (broad SMARTS) is 1. The van der Waals surface area contributed by atoms with Crippen molar-refractivity contribution >= 4 is 23.5 Å². The van der Waals surface area contributed by atoms with Crippen LogP contribution in [-0.4, -0.2) is 33.1 Å². The smallest absolute Gasteiger partial charge is 0.335 e. The molecule has 5 rings (SSSR count). The number of nitrogens with zero attached hydrogens (tertiary/aromatic N) is 2. The molecule has 0 radical (unpaired) electrons. The molecular weight excluding hydrogens is 610 g/mol. The summed E-state index contributed by atoms with van der Waals surface area (Å²) in [6, 6.07) is 21.2. The molecule has 0 atom stereocenters. The van der Waals surface area contributed by atoms with Crippen LogP contribution < -0.4 is 10.1 Å². The molecule has 7 nitrogen and oxygen atoms in total. The van der Waals surface area contributed by atoms with Crippen LogP contribution in [0.1, 0.15) is 79.5 Å². The van der Waals surface area contributed by atoms with Gasteiger partial charge >= 0.3 is 5.97 Å². The molecule has 1 aromatic heterocycles. The number of hydrogen-bond donors (Lipinski definition) is 2. The highest BCUT2D eigenvalue weighted by Gasteiger charge is 2.14. The number of aromatic carboxylic acids is 1. The maximum atomic E-state index is 13.1. The fourth-order valence-corrected chi connectivity index (χ4v) is 5.48. The van der Waals surface area contributed by atoms with Crippen molar-refractivity contribution in [2.75, 3.05) is 6.61 Å². The summed E-state index contributed by atoms with van der Waals surface area (Å²) in [6.45, 7) is 11.3. The van der Waals surface area contributed by atoms with Crippen LogP contribution in [0.15, 0.2) is 109 Å². The van der Waals surface area contributed by atoms with Crippen molar-refractivity contribution in [3.05, 3.63) is 143 Å². The van der Waals surface area contributed by atoms with Gasteiger partial charge in [-0.05, 0) is 89.9 Å². The predicted molar refractivity (Wildman–Crippen MR) is 199 cm³/mol. The van der Waals surface area contributed by atoms with E-state index in [4.69, 9.17) is 14.8 Å². The van der Waals surface area contributed by atoms with Gasteiger partial charge in [0.25, 0.3) is 0 Å². The first-order valence-electron chi connectivity index (χ1n) is 17.1. The number of amides is 1. The molecule has 1 aliphatic rings. The molecular formula is C42H47N3O4. The summed E-state index contributed by atoms with van der Waals surface area (Å²) >= 11 is 0. The third kappa shape index (κ3) is 10.0. The zero-order valence-corrected chi connectivity index (χ0v) is 29.2. The maximum absolute atomic E-state index is 13.1. The number of imidazole rings is 1. The van der Waals surface area contributed by atoms with Gasteiger partial charge in [-0.25, -0.2) is 9.78 Å². The molecule has 4 aromatic rings. The number of benzene rings is 3. The molecule has 49 heavy (non-hydrogen) atoms. The lowest BCUT2D eigenvalue weighted by molar-refractivity contribution is -0.121. The van der Waals surface area contributed by atoms with Crippen molar-refractivity contribution in [2.45, 2.75) is 67.0 Å². The Kier molecular flexibility index (Phi) is 13.5. The first-order chi connectivity index (χ1) is 23.9. The molecule has 7 heteroatoms. The maximum Gasteiger partial charge on any atom is 0.335 e. The molecule has 0 unspecified atom stereocenters. The fourth-order valence-electron chi connectivity index (χ4n) is 5.48. The van der Waals surface area contributed by atoms with Gasteiger partial charge < -0.3 is 19.7 Å². The molecule has 254 valence electrons. The van der Waals surface area contributed by atoms with E-state index >= 15 is 0 Å². The van der Waals surface area contributed by atoms with Crippen molar-refractivity contribution in [3.8, 4) is 17.0 Å². The van der Waals surface area contributed by atoms with Crippen LogP contribution in [0.4, 0.5) is 0 Å². The summed E-state index contributed by atoms with van der Waals surface area (Å²) in [4.78, 5) is 29.3. The summed E-state index contributed by atoms with van der Waals surface area (Å²) in [5.74, 6) is 0.397. The second-order valence-corrected chi connectivity index (χ2v) is 11.3. The van der Waals surface area contributed by atoms with Gasteiger partial charge in [-0.3, -0.25) is 4.79 Å². The summed E-state index contributed by atoms with van der Waals surface area (Å²) in [5.41, 5.74) is 8.82. The van der Waals surface area contributed by atoms with Crippen molar-refractivity contribution in [1.29, 1.82) is 0 Å². The predicted octanol–water partition coefficient (Wildman–Crippen LogP) is 9.10. The number of aromatic nitrogens is 2. The van der Waals surface area contributed by atoms with Crippen molar-refractivity contribution in [2.24, 2.45) is 0 Å². The van der Waals surface area contributed by atoms with Crippen molar-refractivity contribution < 1.29 is 19.4 Å². The van der Waals surface area contributed by atoms with Crippen LogP contribution in [-0.2, 0) is 30.7 Å². The van der Waals surface area contributed by atoms with Gasteiger partial charge in [-0.15, -0.1) is 0 Å². The third-order valence-electron chi connectivity index (χ3n) is 8.13. The minimum absolute atomic E-state index is 0.0884. The quantitative estimate of drug-likeness (QED) is 0.150. The second-order valence-electron chi connectivity index (χ2n) is 11.3. The molecule has 1 heterocycles. The van der Waals surface area contributed by atoms with Crippen LogP contribution >= 0.6 is 0 Å². The lowest BCUT2D eigenvalue weighted by atomic mass is 9.99. The van der Waals surface area contributed by atoms with Crippen LogP contribution in [0.2, 0.25) is 0 Å². The number of rotatable bonds is 13. The van der Waals surface area contributed by atoms with Gasteiger partial charge in [0.2, 0.25) is 5.91 Å². The van der Waals surface area contributed by atoms with Gasteiger partial charge in [0.15, 0.2) is 0 Å². The molecule has 0 saturated heterocycles. The Hall–Kier alpha value is -5.43. The van der Waals surface area contributed by atoms with Crippen LogP contribution in [0.3, 0.4) is 0 Å². The Morgan fingerprint density at radius 1 is 0.918 bits per heavy atom. The van der Waals surface area contributed by atoms with E-state index in [-0.39, 0.29) is 18.0 Å². The van der Waals surface area contributed by atoms with Crippen molar-refractivity contribution in [1.82, 2.24) is 14.9 Å². The van der Waals surface area contributed by atoms with E-state index < -0.39 is 5.97 Å². The lowest BCUT2D eigenvalue weighted by Crippen LogP contribution is -2.27. The summed E-state index contributed by atoms with van der Waals surface area (Å²) in [7, 11) is 0. The number of nitrogens with one attached hydrogen (secondary N) is 1. The number of ether oxygens (including phenoxy) is 1. The molecule has 3 aromatic carbocycles. The van der Waals surface area contributed by atoms with Crippen LogP contribution in [0.25, 0.3) is 22.9 Å². The van der Waals surface area contributed by atoms with E-state index in [2.05, 4.69) is 73.8 Å². The van der Waals surface area contributed by atoms with Crippen molar-refractivity contribution in [3.63, 3.8) is 0 Å². The molecule has 0 bridgehead atoms. The fraction of sp³-hybridized carbons (Fsp3) is 0.262. The minimum atomic E-state index is -0.980. The lowest BCUT2D eigenvalue weighted by Gasteiger charge is -2.08. The molecule has 0 saturated carbocycles. The van der Waals surface area contributed by atoms with Gasteiger partial charge in [0.05, 0.1) is 17.9 Å². The van der Waals surface area contributed by atoms with Crippen LogP contribution in [0, 0.1) is 0 Å². The van der Waals surface area contributed by atoms with Gasteiger partial charge in [0, 0.05) is 18.3 Å². The highest BCUT2D eigenvalue weighted by Crippen LogP contribution is 2.27. The summed E-state index contributed by atoms with van der Waals surface area (Å²) < 4.78 is 7.47. The normalized spacial score (nSPS) is 12.4. The Balaban J connectivity index is 0.00000265. The molecule has 0 fully saturated rings. The summed E-state index contributed by atoms with van der Waals surface area (Å²) in [5, 5.41) is 12.1. The zero-order valence-electron chi connectivity index (χ0n) is 29.2. The number of allylic oxidation sites excluding steroid dienone is 7. The Morgan fingerprint density at radius 2 is 1.65 bits per heavy atom. The first kappa shape index (κ1) is 36.4. The minimum Gasteiger partial charge on any atom is -0.494 e. The Labute approximate surface area is 290 Å². The third-order valence-corrected chi connectivity index (χ3v) is 8.13. The summed E-state index contributed by atoms with van der Waals surface area (Å²) in [6.07, 6.45) is 17.1. The van der Waals surface area contributed by atoms with Crippen LogP contribution in [0.5, 0.6) is 5.75 Å². The number of carboxylic acids is 1. The van der Waals surface area contributed by atoms with Gasteiger partial charge in [-0.1, -0.05) is 101 Å². The van der Waals surface area contributed by atoms with Gasteiger partial charge in [-0.2, -0.15) is 0 Å². The van der Waals surface area contributed by atoms with E-state index in [1.807, 2.05) is 55.8 Å². The average molecular weight is 658 g/mol. The SMILES string of the molecule is CC.CCOc1ccc(C2=CC=C(/C=C/c3nc(-c4ccc(CC)cc4CC)cn3CC(=O)NCc3ccc(C(=O)O)cc3)C=CC2)cc1. The Bertz CT molecular complexity index is 1840. The van der Waals surface area contributed by atoms with E-state index in [1.54, 1.807) is 12.1 Å². The molecule has 0 aliphatic heterocycles. The zero-order chi connectivity index (χ0) is 35.2. The monoisotopic (exact) mass is 657 g/mol. The highest BCUT2D eigenvalue weighted by molar-refractivity contribution is 5.87. The number of aryl methyl sites for hydroxylation is 2. The van der Waals surface area contributed by atoms with E-state index in [0.29, 0.717) is 19.0 Å². The molecule has 0 spiro atoms. The number of carbonyl (C=O) groups excluding carboxylic acids is 1. The van der Waals surface area contributed by atoms with E-state index in [1.165, 1.54) is 28.8 Å². The Morgan fingerprint density at radius 3 is 2.33 bits per heavy atom. The highest BCUT2D eigenvalue weighted by atomic mass is 16.5. The average Bonchev–Trinajstić information content (AvgIpc) is 3.37. The molecule has 1 amide bonds. The topological polar surface area (TPSA) is 93.5 Å². The second kappa shape index (κ2) is 18.2. The molecule has 1 aliphatic carbocycles. The largest absolute Gasteiger partial charge is 0.494 e. The van der Waals surface area contributed by atoms with Gasteiger partial charge in [0.1, 0.15) is 18.1 Å². The first-order valence-corrected chi connectivity index (χ1v) is 17.1. The van der Waals surface area contributed by atoms with E-state index in [9.17, 15) is 9.59 Å². The standard InChI is InChI=1S/C40H41N3O4.C2H6/c1-4-28-13-22-36(31(5-2)24-28)37-26-43(27-39(44)41-25-30-11-16-34(17-12-30)40(45)46)38(42-37)23-14-29-8-7-9-32(15-10-29)33-18-20-35(21-19-33)47-6-3;1-2/h7-8,10-24,26H,4-6,9,25,27H2,1-3H3,(H,41,44)(H,45,46);1-2H3/b23-14+;. The number of carbonyl (C=O) groups is 2. The number of hydrogen-bond acceptors (Lipinski definition) is 4.